The van der Waals surface area contributed by atoms with Crippen molar-refractivity contribution >= 4 is 15.9 Å². The number of piperazine rings is 1. The Bertz CT molecular complexity index is 819. The molecule has 0 aliphatic carbocycles. The number of aryl methyl sites for hydroxylation is 1. The maximum atomic E-state index is 12.9. The Morgan fingerprint density at radius 2 is 1.83 bits per heavy atom. The van der Waals surface area contributed by atoms with Crippen molar-refractivity contribution in [1.82, 2.24) is 9.62 Å². The normalized spacial score (nSPS) is 19.3. The molecular formula is C17H18N2O3S. The number of hydrogen-bond donors (Lipinski definition) is 1. The number of nitrogens with one attached hydrogen (secondary N) is 1. The van der Waals surface area contributed by atoms with Crippen LogP contribution in [-0.4, -0.2) is 31.7 Å². The number of amides is 1. The highest BCUT2D eigenvalue weighted by atomic mass is 32.2. The average Bonchev–Trinajstić information content (AvgIpc) is 2.55. The van der Waals surface area contributed by atoms with Crippen LogP contribution in [0.3, 0.4) is 0 Å². The molecule has 1 aliphatic rings. The van der Waals surface area contributed by atoms with Crippen molar-refractivity contribution in [3.63, 3.8) is 0 Å². The minimum Gasteiger partial charge on any atom is -0.353 e. The molecular weight excluding hydrogens is 312 g/mol. The van der Waals surface area contributed by atoms with Gasteiger partial charge in [-0.15, -0.1) is 0 Å². The van der Waals surface area contributed by atoms with E-state index in [9.17, 15) is 13.2 Å². The van der Waals surface area contributed by atoms with Gasteiger partial charge in [-0.1, -0.05) is 48.0 Å². The fraction of sp³-hybridized carbons (Fsp3) is 0.235. The number of nitrogens with zero attached hydrogens (tertiary/aromatic N) is 1. The molecule has 120 valence electrons. The van der Waals surface area contributed by atoms with Crippen molar-refractivity contribution in [1.29, 1.82) is 0 Å². The summed E-state index contributed by atoms with van der Waals surface area (Å²) in [4.78, 5) is 12.6. The smallest absolute Gasteiger partial charge is 0.244 e. The minimum absolute atomic E-state index is 0.201. The quantitative estimate of drug-likeness (QED) is 0.934. The van der Waals surface area contributed by atoms with Crippen molar-refractivity contribution in [2.45, 2.75) is 17.9 Å². The monoisotopic (exact) mass is 330 g/mol. The van der Waals surface area contributed by atoms with Crippen molar-refractivity contribution in [2.24, 2.45) is 0 Å². The average molecular weight is 330 g/mol. The highest BCUT2D eigenvalue weighted by molar-refractivity contribution is 7.89. The highest BCUT2D eigenvalue weighted by Crippen LogP contribution is 2.29. The molecule has 0 bridgehead atoms. The van der Waals surface area contributed by atoms with Gasteiger partial charge in [-0.05, 0) is 24.6 Å². The summed E-state index contributed by atoms with van der Waals surface area (Å²) >= 11 is 0. The molecule has 0 saturated carbocycles. The second kappa shape index (κ2) is 6.14. The first kappa shape index (κ1) is 15.7. The lowest BCUT2D eigenvalue weighted by Gasteiger charge is -2.34. The molecule has 0 spiro atoms. The van der Waals surface area contributed by atoms with E-state index in [4.69, 9.17) is 0 Å². The van der Waals surface area contributed by atoms with E-state index in [1.54, 1.807) is 36.4 Å². The molecule has 1 heterocycles. The largest absolute Gasteiger partial charge is 0.353 e. The van der Waals surface area contributed by atoms with Crippen LogP contribution in [-0.2, 0) is 14.8 Å². The molecule has 1 unspecified atom stereocenters. The number of hydrogen-bond acceptors (Lipinski definition) is 3. The van der Waals surface area contributed by atoms with Crippen LogP contribution >= 0.6 is 0 Å². The Labute approximate surface area is 136 Å². The molecule has 0 radical (unpaired) electrons. The van der Waals surface area contributed by atoms with Gasteiger partial charge < -0.3 is 5.32 Å². The van der Waals surface area contributed by atoms with E-state index in [1.165, 1.54) is 4.31 Å². The molecule has 2 aromatic carbocycles. The third kappa shape index (κ3) is 3.00. The number of carbonyl (C=O) groups is 1. The summed E-state index contributed by atoms with van der Waals surface area (Å²) in [6.07, 6.45) is 0. The van der Waals surface area contributed by atoms with Crippen LogP contribution in [0.1, 0.15) is 17.2 Å². The summed E-state index contributed by atoms with van der Waals surface area (Å²) in [5, 5.41) is 2.76. The summed E-state index contributed by atoms with van der Waals surface area (Å²) < 4.78 is 27.2. The van der Waals surface area contributed by atoms with Gasteiger partial charge in [0, 0.05) is 13.1 Å². The highest BCUT2D eigenvalue weighted by Gasteiger charge is 2.39. The van der Waals surface area contributed by atoms with Gasteiger partial charge in [-0.3, -0.25) is 4.79 Å². The lowest BCUT2D eigenvalue weighted by molar-refractivity contribution is -0.126. The van der Waals surface area contributed by atoms with Crippen LogP contribution in [0.2, 0.25) is 0 Å². The fourth-order valence-corrected chi connectivity index (χ4v) is 4.39. The van der Waals surface area contributed by atoms with Crippen molar-refractivity contribution < 1.29 is 13.2 Å². The summed E-state index contributed by atoms with van der Waals surface area (Å²) in [5.41, 5.74) is 1.67. The molecule has 1 fully saturated rings. The van der Waals surface area contributed by atoms with E-state index in [1.807, 2.05) is 25.1 Å². The maximum Gasteiger partial charge on any atom is 0.244 e. The van der Waals surface area contributed by atoms with Gasteiger partial charge >= 0.3 is 0 Å². The number of carbonyl (C=O) groups excluding carboxylic acids is 1. The summed E-state index contributed by atoms with van der Waals surface area (Å²) in [7, 11) is -3.73. The predicted molar refractivity (Wildman–Crippen MR) is 87.3 cm³/mol. The van der Waals surface area contributed by atoms with Gasteiger partial charge in [0.05, 0.1) is 4.90 Å². The van der Waals surface area contributed by atoms with Crippen LogP contribution in [0.4, 0.5) is 0 Å². The van der Waals surface area contributed by atoms with Crippen LogP contribution in [0.15, 0.2) is 59.5 Å². The summed E-state index contributed by atoms with van der Waals surface area (Å²) in [6.45, 7) is 2.48. The second-order valence-electron chi connectivity index (χ2n) is 5.54. The number of rotatable bonds is 3. The van der Waals surface area contributed by atoms with Gasteiger partial charge in [0.2, 0.25) is 15.9 Å². The van der Waals surface area contributed by atoms with Crippen molar-refractivity contribution in [3.05, 3.63) is 65.7 Å². The van der Waals surface area contributed by atoms with Gasteiger partial charge in [-0.2, -0.15) is 4.31 Å². The lowest BCUT2D eigenvalue weighted by atomic mass is 10.0. The molecule has 23 heavy (non-hydrogen) atoms. The third-order valence-electron chi connectivity index (χ3n) is 3.88. The van der Waals surface area contributed by atoms with Gasteiger partial charge in [0.15, 0.2) is 0 Å². The standard InChI is InChI=1S/C17H18N2O3S/c1-13-6-5-7-14(12-13)16-17(20)18-10-11-19(16)23(21,22)15-8-3-2-4-9-15/h2-9,12,16H,10-11H2,1H3,(H,18,20). The fourth-order valence-electron chi connectivity index (χ4n) is 2.79. The van der Waals surface area contributed by atoms with E-state index in [0.29, 0.717) is 12.1 Å². The topological polar surface area (TPSA) is 66.5 Å². The van der Waals surface area contributed by atoms with E-state index in [2.05, 4.69) is 5.32 Å². The Hall–Kier alpha value is -2.18. The lowest BCUT2D eigenvalue weighted by Crippen LogP contribution is -2.52. The number of benzene rings is 2. The zero-order valence-corrected chi connectivity index (χ0v) is 13.6. The first-order chi connectivity index (χ1) is 11.0. The molecule has 1 amide bonds. The van der Waals surface area contributed by atoms with E-state index in [-0.39, 0.29) is 17.3 Å². The van der Waals surface area contributed by atoms with E-state index < -0.39 is 16.1 Å². The second-order valence-corrected chi connectivity index (χ2v) is 7.43. The molecule has 1 N–H and O–H groups in total. The first-order valence-corrected chi connectivity index (χ1v) is 8.85. The van der Waals surface area contributed by atoms with Crippen LogP contribution < -0.4 is 5.32 Å². The Kier molecular flexibility index (Phi) is 4.19. The summed E-state index contributed by atoms with van der Waals surface area (Å²) in [6, 6.07) is 14.8. The molecule has 3 rings (SSSR count). The van der Waals surface area contributed by atoms with Gasteiger partial charge in [0.25, 0.3) is 0 Å². The van der Waals surface area contributed by atoms with E-state index >= 15 is 0 Å². The molecule has 1 atom stereocenters. The Morgan fingerprint density at radius 3 is 2.52 bits per heavy atom. The van der Waals surface area contributed by atoms with Crippen LogP contribution in [0.5, 0.6) is 0 Å². The molecule has 6 heteroatoms. The number of sulfonamides is 1. The third-order valence-corrected chi connectivity index (χ3v) is 5.75. The first-order valence-electron chi connectivity index (χ1n) is 7.41. The SMILES string of the molecule is Cc1cccc(C2C(=O)NCCN2S(=O)(=O)c2ccccc2)c1. The van der Waals surface area contributed by atoms with Crippen molar-refractivity contribution in [3.8, 4) is 0 Å². The minimum atomic E-state index is -3.73. The Balaban J connectivity index is 2.07. The molecule has 1 aliphatic heterocycles. The van der Waals surface area contributed by atoms with E-state index in [0.717, 1.165) is 5.56 Å². The molecule has 5 nitrogen and oxygen atoms in total. The zero-order valence-electron chi connectivity index (χ0n) is 12.8. The maximum absolute atomic E-state index is 12.9. The Morgan fingerprint density at radius 1 is 1.09 bits per heavy atom. The zero-order chi connectivity index (χ0) is 16.4. The van der Waals surface area contributed by atoms with Gasteiger partial charge in [0.1, 0.15) is 6.04 Å². The predicted octanol–water partition coefficient (Wildman–Crippen LogP) is 1.86. The molecule has 2 aromatic rings. The van der Waals surface area contributed by atoms with Crippen LogP contribution in [0, 0.1) is 6.92 Å². The van der Waals surface area contributed by atoms with Crippen LogP contribution in [0.25, 0.3) is 0 Å². The van der Waals surface area contributed by atoms with Gasteiger partial charge in [-0.25, -0.2) is 8.42 Å². The molecule has 1 saturated heterocycles. The van der Waals surface area contributed by atoms with Crippen molar-refractivity contribution in [2.75, 3.05) is 13.1 Å². The molecule has 0 aromatic heterocycles. The summed E-state index contributed by atoms with van der Waals surface area (Å²) in [5.74, 6) is -0.290.